The average molecular weight is 564 g/mol. The molecule has 0 radical (unpaired) electrons. The fourth-order valence-electron chi connectivity index (χ4n) is 4.75. The summed E-state index contributed by atoms with van der Waals surface area (Å²) in [5.41, 5.74) is 3.09. The van der Waals surface area contributed by atoms with Crippen molar-refractivity contribution >= 4 is 27.7 Å². The first-order valence-electron chi connectivity index (χ1n) is 13.1. The number of carbonyl (C=O) groups is 2. The number of benzene rings is 3. The highest BCUT2D eigenvalue weighted by Crippen LogP contribution is 2.21. The standard InChI is InChI=1S/C31H35BrN2O3/c1-23-12-18-28(19-13-23)37-22-30(35)34(21-25-14-16-26(32)17-15-25)29(20-24-8-4-2-5-9-24)31(36)33-27-10-6-3-7-11-27/h2,4-5,8-9,12-19,27,29H,3,6-7,10-11,20-22H2,1H3,(H,33,36). The number of hydrogen-bond acceptors (Lipinski definition) is 3. The summed E-state index contributed by atoms with van der Waals surface area (Å²) in [6.07, 6.45) is 5.87. The lowest BCUT2D eigenvalue weighted by atomic mass is 9.94. The van der Waals surface area contributed by atoms with E-state index < -0.39 is 6.04 Å². The average Bonchev–Trinajstić information content (AvgIpc) is 2.92. The highest BCUT2D eigenvalue weighted by atomic mass is 79.9. The van der Waals surface area contributed by atoms with Gasteiger partial charge >= 0.3 is 0 Å². The Kier molecular flexibility index (Phi) is 9.78. The summed E-state index contributed by atoms with van der Waals surface area (Å²) in [6, 6.07) is 24.9. The quantitative estimate of drug-likeness (QED) is 0.319. The Morgan fingerprint density at radius 1 is 0.919 bits per heavy atom. The van der Waals surface area contributed by atoms with Crippen molar-refractivity contribution in [3.63, 3.8) is 0 Å². The number of aryl methyl sites for hydroxylation is 1. The van der Waals surface area contributed by atoms with Crippen molar-refractivity contribution in [2.24, 2.45) is 0 Å². The normalized spacial score (nSPS) is 14.5. The lowest BCUT2D eigenvalue weighted by molar-refractivity contribution is -0.143. The second kappa shape index (κ2) is 13.4. The van der Waals surface area contributed by atoms with Crippen LogP contribution in [0.15, 0.2) is 83.3 Å². The van der Waals surface area contributed by atoms with Gasteiger partial charge in [0.25, 0.3) is 5.91 Å². The highest BCUT2D eigenvalue weighted by Gasteiger charge is 2.32. The molecule has 0 bridgehead atoms. The largest absolute Gasteiger partial charge is 0.484 e. The van der Waals surface area contributed by atoms with Gasteiger partial charge < -0.3 is 15.0 Å². The molecule has 6 heteroatoms. The SMILES string of the molecule is Cc1ccc(OCC(=O)N(Cc2ccc(Br)cc2)C(Cc2ccccc2)C(=O)NC2CCCCC2)cc1. The number of carbonyl (C=O) groups excluding carboxylic acids is 2. The zero-order valence-electron chi connectivity index (χ0n) is 21.4. The van der Waals surface area contributed by atoms with Gasteiger partial charge in [0.05, 0.1) is 0 Å². The van der Waals surface area contributed by atoms with Crippen molar-refractivity contribution in [2.45, 2.75) is 64.1 Å². The number of rotatable bonds is 10. The molecule has 0 spiro atoms. The third kappa shape index (κ3) is 8.19. The summed E-state index contributed by atoms with van der Waals surface area (Å²) in [4.78, 5) is 29.1. The van der Waals surface area contributed by atoms with E-state index in [2.05, 4.69) is 21.2 Å². The molecular weight excluding hydrogens is 528 g/mol. The molecule has 0 heterocycles. The van der Waals surface area contributed by atoms with Gasteiger partial charge in [-0.1, -0.05) is 95.4 Å². The van der Waals surface area contributed by atoms with Gasteiger partial charge in [-0.2, -0.15) is 0 Å². The zero-order chi connectivity index (χ0) is 26.0. The van der Waals surface area contributed by atoms with Crippen LogP contribution in [0.1, 0.15) is 48.8 Å². The minimum atomic E-state index is -0.651. The molecule has 1 aliphatic carbocycles. The van der Waals surface area contributed by atoms with Gasteiger partial charge in [0.15, 0.2) is 6.61 Å². The van der Waals surface area contributed by atoms with Crippen LogP contribution in [0.2, 0.25) is 0 Å². The van der Waals surface area contributed by atoms with Crippen molar-refractivity contribution in [3.8, 4) is 5.75 Å². The van der Waals surface area contributed by atoms with Crippen LogP contribution >= 0.6 is 15.9 Å². The molecule has 194 valence electrons. The number of amides is 2. The highest BCUT2D eigenvalue weighted by molar-refractivity contribution is 9.10. The van der Waals surface area contributed by atoms with Crippen LogP contribution in [0.3, 0.4) is 0 Å². The van der Waals surface area contributed by atoms with Gasteiger partial charge in [-0.25, -0.2) is 0 Å². The maximum Gasteiger partial charge on any atom is 0.261 e. The second-order valence-electron chi connectivity index (χ2n) is 9.80. The maximum atomic E-state index is 13.8. The minimum Gasteiger partial charge on any atom is -0.484 e. The number of ether oxygens (including phenoxy) is 1. The molecule has 1 aliphatic rings. The van der Waals surface area contributed by atoms with Crippen molar-refractivity contribution in [1.29, 1.82) is 0 Å². The number of halogens is 1. The zero-order valence-corrected chi connectivity index (χ0v) is 23.0. The Balaban J connectivity index is 1.59. The predicted molar refractivity (Wildman–Crippen MR) is 150 cm³/mol. The van der Waals surface area contributed by atoms with E-state index in [1.54, 1.807) is 4.90 Å². The molecule has 1 saturated carbocycles. The monoisotopic (exact) mass is 562 g/mol. The molecule has 4 rings (SSSR count). The van der Waals surface area contributed by atoms with Crippen molar-refractivity contribution < 1.29 is 14.3 Å². The van der Waals surface area contributed by atoms with E-state index in [-0.39, 0.29) is 24.5 Å². The van der Waals surface area contributed by atoms with E-state index in [0.29, 0.717) is 18.7 Å². The third-order valence-corrected chi connectivity index (χ3v) is 7.40. The minimum absolute atomic E-state index is 0.100. The van der Waals surface area contributed by atoms with Crippen molar-refractivity contribution in [3.05, 3.63) is 100 Å². The van der Waals surface area contributed by atoms with E-state index in [1.807, 2.05) is 85.8 Å². The third-order valence-electron chi connectivity index (χ3n) is 6.87. The Bertz CT molecular complexity index is 1140. The Hall–Kier alpha value is -3.12. The van der Waals surface area contributed by atoms with Crippen molar-refractivity contribution in [1.82, 2.24) is 10.2 Å². The molecule has 1 atom stereocenters. The summed E-state index contributed by atoms with van der Waals surface area (Å²) in [5, 5.41) is 3.27. The molecule has 0 aromatic heterocycles. The van der Waals surface area contributed by atoms with Crippen LogP contribution in [0.4, 0.5) is 0 Å². The lowest BCUT2D eigenvalue weighted by Gasteiger charge is -2.33. The summed E-state index contributed by atoms with van der Waals surface area (Å²) in [6.45, 7) is 2.19. The number of nitrogens with one attached hydrogen (secondary N) is 1. The van der Waals surface area contributed by atoms with Gasteiger partial charge in [-0.05, 0) is 55.2 Å². The maximum absolute atomic E-state index is 13.8. The predicted octanol–water partition coefficient (Wildman–Crippen LogP) is 6.23. The van der Waals surface area contributed by atoms with Crippen molar-refractivity contribution in [2.75, 3.05) is 6.61 Å². The summed E-state index contributed by atoms with van der Waals surface area (Å²) >= 11 is 3.48. The molecule has 3 aromatic rings. The van der Waals surface area contributed by atoms with E-state index in [9.17, 15) is 9.59 Å². The van der Waals surface area contributed by atoms with E-state index in [4.69, 9.17) is 4.74 Å². The molecule has 37 heavy (non-hydrogen) atoms. The van der Waals surface area contributed by atoms with Crippen LogP contribution in [-0.4, -0.2) is 35.4 Å². The first kappa shape index (κ1) is 26.9. The molecule has 1 fully saturated rings. The second-order valence-corrected chi connectivity index (χ2v) is 10.7. The molecule has 5 nitrogen and oxygen atoms in total. The molecule has 0 saturated heterocycles. The van der Waals surface area contributed by atoms with Crippen LogP contribution in [0, 0.1) is 6.92 Å². The van der Waals surface area contributed by atoms with Crippen LogP contribution < -0.4 is 10.1 Å². The van der Waals surface area contributed by atoms with Crippen LogP contribution in [0.5, 0.6) is 5.75 Å². The molecular formula is C31H35BrN2O3. The lowest BCUT2D eigenvalue weighted by Crippen LogP contribution is -2.53. The Labute approximate surface area is 228 Å². The van der Waals surface area contributed by atoms with Gasteiger partial charge in [0.2, 0.25) is 5.91 Å². The fraction of sp³-hybridized carbons (Fsp3) is 0.355. The van der Waals surface area contributed by atoms with E-state index in [1.165, 1.54) is 6.42 Å². The summed E-state index contributed by atoms with van der Waals surface area (Å²) < 4.78 is 6.83. The first-order chi connectivity index (χ1) is 18.0. The van der Waals surface area contributed by atoms with E-state index in [0.717, 1.165) is 46.8 Å². The van der Waals surface area contributed by atoms with E-state index >= 15 is 0 Å². The Morgan fingerprint density at radius 2 is 1.59 bits per heavy atom. The van der Waals surface area contributed by atoms with Gasteiger partial charge in [-0.3, -0.25) is 9.59 Å². The smallest absolute Gasteiger partial charge is 0.261 e. The van der Waals surface area contributed by atoms with Crippen LogP contribution in [-0.2, 0) is 22.6 Å². The molecule has 2 amide bonds. The molecule has 3 aromatic carbocycles. The first-order valence-corrected chi connectivity index (χ1v) is 13.8. The van der Waals surface area contributed by atoms with Gasteiger partial charge in [0.1, 0.15) is 11.8 Å². The van der Waals surface area contributed by atoms with Gasteiger partial charge in [0, 0.05) is 23.5 Å². The number of hydrogen-bond donors (Lipinski definition) is 1. The van der Waals surface area contributed by atoms with Gasteiger partial charge in [-0.15, -0.1) is 0 Å². The fourth-order valence-corrected chi connectivity index (χ4v) is 5.01. The molecule has 1 unspecified atom stereocenters. The molecule has 1 N–H and O–H groups in total. The van der Waals surface area contributed by atoms with Crippen LogP contribution in [0.25, 0.3) is 0 Å². The topological polar surface area (TPSA) is 58.6 Å². The Morgan fingerprint density at radius 3 is 2.27 bits per heavy atom. The number of nitrogens with zero attached hydrogens (tertiary/aromatic N) is 1. The molecule has 0 aliphatic heterocycles. The summed E-state index contributed by atoms with van der Waals surface area (Å²) in [5.74, 6) is 0.313. The summed E-state index contributed by atoms with van der Waals surface area (Å²) in [7, 11) is 0.